The van der Waals surface area contributed by atoms with Gasteiger partial charge in [0, 0.05) is 12.1 Å². The molecule has 0 spiro atoms. The molecular weight excluding hydrogens is 231 g/mol. The first-order chi connectivity index (χ1) is 7.88. The Hall–Kier alpha value is -1.52. The molecule has 0 bridgehead atoms. The second-order valence-corrected chi connectivity index (χ2v) is 4.29. The van der Waals surface area contributed by atoms with E-state index in [0.717, 1.165) is 10.5 Å². The van der Waals surface area contributed by atoms with Crippen molar-refractivity contribution in [2.75, 3.05) is 13.1 Å². The molecule has 2 nitrogen and oxygen atoms in total. The quantitative estimate of drug-likeness (QED) is 0.742. The summed E-state index contributed by atoms with van der Waals surface area (Å²) in [5, 5.41) is 0. The summed E-state index contributed by atoms with van der Waals surface area (Å²) in [6.45, 7) is 0.772. The van der Waals surface area contributed by atoms with E-state index >= 15 is 0 Å². The molecule has 5 heteroatoms. The summed E-state index contributed by atoms with van der Waals surface area (Å²) in [5.74, 6) is -0.595. The van der Waals surface area contributed by atoms with E-state index in [9.17, 15) is 18.0 Å². The van der Waals surface area contributed by atoms with Crippen molar-refractivity contribution >= 4 is 5.91 Å². The van der Waals surface area contributed by atoms with Gasteiger partial charge in [-0.15, -0.1) is 0 Å². The molecular formula is C12H12F3NO. The van der Waals surface area contributed by atoms with Gasteiger partial charge in [-0.1, -0.05) is 25.1 Å². The molecule has 0 saturated carbocycles. The Bertz CT molecular complexity index is 442. The largest absolute Gasteiger partial charge is 0.406 e. The normalized spacial score (nSPS) is 20.4. The van der Waals surface area contributed by atoms with Gasteiger partial charge < -0.3 is 4.90 Å². The van der Waals surface area contributed by atoms with Gasteiger partial charge in [0.15, 0.2) is 0 Å². The summed E-state index contributed by atoms with van der Waals surface area (Å²) in [5.41, 5.74) is 1.21. The van der Waals surface area contributed by atoms with Gasteiger partial charge in [0.1, 0.15) is 6.54 Å². The van der Waals surface area contributed by atoms with Gasteiger partial charge >= 0.3 is 6.18 Å². The molecule has 1 aliphatic heterocycles. The molecule has 1 aliphatic rings. The third-order valence-corrected chi connectivity index (χ3v) is 2.87. The van der Waals surface area contributed by atoms with Crippen LogP contribution in [0.1, 0.15) is 28.8 Å². The van der Waals surface area contributed by atoms with Crippen molar-refractivity contribution in [2.24, 2.45) is 0 Å². The monoisotopic (exact) mass is 243 g/mol. The number of carbonyl (C=O) groups is 1. The van der Waals surface area contributed by atoms with E-state index in [2.05, 4.69) is 0 Å². The number of halogens is 3. The zero-order chi connectivity index (χ0) is 12.6. The van der Waals surface area contributed by atoms with E-state index in [4.69, 9.17) is 0 Å². The fraction of sp³-hybridized carbons (Fsp3) is 0.417. The molecule has 0 aromatic heterocycles. The highest BCUT2D eigenvalue weighted by Gasteiger charge is 2.37. The van der Waals surface area contributed by atoms with Crippen LogP contribution in [0.15, 0.2) is 24.3 Å². The summed E-state index contributed by atoms with van der Waals surface area (Å²) in [6.07, 6.45) is -4.35. The molecule has 1 atom stereocenters. The number of nitrogens with zero attached hydrogens (tertiary/aromatic N) is 1. The van der Waals surface area contributed by atoms with Crippen LogP contribution >= 0.6 is 0 Å². The summed E-state index contributed by atoms with van der Waals surface area (Å²) in [6, 6.07) is 6.84. The minimum Gasteiger partial charge on any atom is -0.329 e. The highest BCUT2D eigenvalue weighted by atomic mass is 19.4. The predicted molar refractivity (Wildman–Crippen MR) is 56.8 cm³/mol. The molecule has 0 saturated heterocycles. The van der Waals surface area contributed by atoms with Crippen molar-refractivity contribution in [2.45, 2.75) is 19.0 Å². The number of hydrogen-bond donors (Lipinski definition) is 0. The maximum atomic E-state index is 12.3. The molecule has 1 aromatic rings. The lowest BCUT2D eigenvalue weighted by Crippen LogP contribution is -2.44. The fourth-order valence-corrected chi connectivity index (χ4v) is 2.16. The van der Waals surface area contributed by atoms with Crippen LogP contribution in [0.4, 0.5) is 13.2 Å². The lowest BCUT2D eigenvalue weighted by Gasteiger charge is -2.33. The lowest BCUT2D eigenvalue weighted by molar-refractivity contribution is -0.141. The highest BCUT2D eigenvalue weighted by Crippen LogP contribution is 2.29. The smallest absolute Gasteiger partial charge is 0.329 e. The van der Waals surface area contributed by atoms with Crippen LogP contribution < -0.4 is 0 Å². The molecule has 0 fully saturated rings. The van der Waals surface area contributed by atoms with Gasteiger partial charge in [0.05, 0.1) is 0 Å². The first-order valence-electron chi connectivity index (χ1n) is 5.33. The molecule has 0 N–H and O–H groups in total. The van der Waals surface area contributed by atoms with Gasteiger partial charge in [-0.3, -0.25) is 4.79 Å². The maximum absolute atomic E-state index is 12.3. The Morgan fingerprint density at radius 2 is 2.00 bits per heavy atom. The minimum atomic E-state index is -4.35. The van der Waals surface area contributed by atoms with Crippen molar-refractivity contribution in [3.8, 4) is 0 Å². The Labute approximate surface area is 97.0 Å². The summed E-state index contributed by atoms with van der Waals surface area (Å²) in [4.78, 5) is 12.7. The Morgan fingerprint density at radius 1 is 1.35 bits per heavy atom. The second kappa shape index (κ2) is 4.05. The maximum Gasteiger partial charge on any atom is 0.406 e. The van der Waals surface area contributed by atoms with E-state index in [1.807, 2.05) is 6.92 Å². The highest BCUT2D eigenvalue weighted by molar-refractivity contribution is 5.97. The molecule has 17 heavy (non-hydrogen) atoms. The van der Waals surface area contributed by atoms with Crippen molar-refractivity contribution in [1.29, 1.82) is 0 Å². The number of amides is 1. The molecule has 1 heterocycles. The summed E-state index contributed by atoms with van der Waals surface area (Å²) in [7, 11) is 0. The topological polar surface area (TPSA) is 20.3 Å². The predicted octanol–water partition coefficient (Wildman–Crippen LogP) is 2.81. The van der Waals surface area contributed by atoms with Gasteiger partial charge in [-0.05, 0) is 17.5 Å². The van der Waals surface area contributed by atoms with Crippen LogP contribution in [-0.4, -0.2) is 30.1 Å². The Morgan fingerprint density at radius 3 is 2.65 bits per heavy atom. The second-order valence-electron chi connectivity index (χ2n) is 4.29. The molecule has 1 amide bonds. The lowest BCUT2D eigenvalue weighted by atomic mass is 9.91. The Kier molecular flexibility index (Phi) is 2.85. The molecule has 0 aliphatic carbocycles. The van der Waals surface area contributed by atoms with E-state index in [1.54, 1.807) is 24.3 Å². The number of benzene rings is 1. The molecule has 92 valence electrons. The van der Waals surface area contributed by atoms with E-state index in [1.165, 1.54) is 0 Å². The zero-order valence-electron chi connectivity index (χ0n) is 9.29. The van der Waals surface area contributed by atoms with Crippen molar-refractivity contribution in [3.63, 3.8) is 0 Å². The first-order valence-corrected chi connectivity index (χ1v) is 5.33. The fourth-order valence-electron chi connectivity index (χ4n) is 2.16. The molecule has 0 radical (unpaired) electrons. The average molecular weight is 243 g/mol. The van der Waals surface area contributed by atoms with Gasteiger partial charge in [-0.2, -0.15) is 13.2 Å². The van der Waals surface area contributed by atoms with Crippen molar-refractivity contribution in [1.82, 2.24) is 4.90 Å². The first kappa shape index (κ1) is 12.0. The average Bonchev–Trinajstić information content (AvgIpc) is 2.24. The number of rotatable bonds is 1. The van der Waals surface area contributed by atoms with Crippen LogP contribution in [0.5, 0.6) is 0 Å². The SMILES string of the molecule is CC1CN(CC(F)(F)F)C(=O)c2ccccc21. The van der Waals surface area contributed by atoms with Gasteiger partial charge in [0.25, 0.3) is 5.91 Å². The zero-order valence-corrected chi connectivity index (χ0v) is 9.29. The Balaban J connectivity index is 2.30. The van der Waals surface area contributed by atoms with E-state index in [-0.39, 0.29) is 12.5 Å². The third-order valence-electron chi connectivity index (χ3n) is 2.87. The summed E-state index contributed by atoms with van der Waals surface area (Å²) < 4.78 is 37.0. The molecule has 2 rings (SSSR count). The van der Waals surface area contributed by atoms with Gasteiger partial charge in [0.2, 0.25) is 0 Å². The standard InChI is InChI=1S/C12H12F3NO/c1-8-6-16(7-12(13,14)15)11(17)10-5-3-2-4-9(8)10/h2-5,8H,6-7H2,1H3. The van der Waals surface area contributed by atoms with Crippen molar-refractivity contribution in [3.05, 3.63) is 35.4 Å². The summed E-state index contributed by atoms with van der Waals surface area (Å²) >= 11 is 0. The molecule has 1 aromatic carbocycles. The van der Waals surface area contributed by atoms with Crippen LogP contribution in [-0.2, 0) is 0 Å². The number of alkyl halides is 3. The minimum absolute atomic E-state index is 0.0637. The van der Waals surface area contributed by atoms with E-state index in [0.29, 0.717) is 5.56 Å². The van der Waals surface area contributed by atoms with Crippen LogP contribution in [0, 0.1) is 0 Å². The van der Waals surface area contributed by atoms with Crippen LogP contribution in [0.25, 0.3) is 0 Å². The van der Waals surface area contributed by atoms with Crippen LogP contribution in [0.2, 0.25) is 0 Å². The number of hydrogen-bond acceptors (Lipinski definition) is 1. The molecule has 1 unspecified atom stereocenters. The van der Waals surface area contributed by atoms with Gasteiger partial charge in [-0.25, -0.2) is 0 Å². The van der Waals surface area contributed by atoms with Crippen LogP contribution in [0.3, 0.4) is 0 Å². The third kappa shape index (κ3) is 2.43. The number of carbonyl (C=O) groups excluding carboxylic acids is 1. The van der Waals surface area contributed by atoms with E-state index < -0.39 is 18.6 Å². The van der Waals surface area contributed by atoms with Crippen molar-refractivity contribution < 1.29 is 18.0 Å². The number of fused-ring (bicyclic) bond motifs is 1.